The topological polar surface area (TPSA) is 96.5 Å². The van der Waals surface area contributed by atoms with Crippen LogP contribution in [0.15, 0.2) is 6.07 Å². The van der Waals surface area contributed by atoms with E-state index in [0.29, 0.717) is 25.6 Å². The lowest BCUT2D eigenvalue weighted by Crippen LogP contribution is -2.45. The van der Waals surface area contributed by atoms with Crippen LogP contribution in [-0.4, -0.2) is 53.7 Å². The number of anilines is 1. The van der Waals surface area contributed by atoms with Gasteiger partial charge in [-0.3, -0.25) is 4.79 Å². The van der Waals surface area contributed by atoms with Gasteiger partial charge >= 0.3 is 6.09 Å². The Bertz CT molecular complexity index is 652. The van der Waals surface area contributed by atoms with E-state index in [2.05, 4.69) is 25.5 Å². The Morgan fingerprint density at radius 1 is 1.19 bits per heavy atom. The highest BCUT2D eigenvalue weighted by Crippen LogP contribution is 2.21. The monoisotopic (exact) mass is 377 g/mol. The van der Waals surface area contributed by atoms with Gasteiger partial charge in [-0.2, -0.15) is 0 Å². The van der Waals surface area contributed by atoms with Crippen molar-refractivity contribution >= 4 is 17.9 Å². The summed E-state index contributed by atoms with van der Waals surface area (Å²) in [6.07, 6.45) is 1.28. The van der Waals surface area contributed by atoms with Gasteiger partial charge in [0.05, 0.1) is 5.92 Å². The number of carbonyl (C=O) groups is 2. The Morgan fingerprint density at radius 3 is 2.44 bits per heavy atom. The van der Waals surface area contributed by atoms with Crippen LogP contribution in [0.3, 0.4) is 0 Å². The number of nitrogens with one attached hydrogen (secondary N) is 2. The van der Waals surface area contributed by atoms with E-state index in [0.717, 1.165) is 30.8 Å². The lowest BCUT2D eigenvalue weighted by atomic mass is 9.97. The summed E-state index contributed by atoms with van der Waals surface area (Å²) in [4.78, 5) is 35.1. The Balaban J connectivity index is 1.78. The van der Waals surface area contributed by atoms with Crippen molar-refractivity contribution in [2.24, 2.45) is 5.92 Å². The molecule has 1 aliphatic rings. The van der Waals surface area contributed by atoms with Gasteiger partial charge in [0.25, 0.3) is 0 Å². The first-order valence-electron chi connectivity index (χ1n) is 9.46. The summed E-state index contributed by atoms with van der Waals surface area (Å²) in [5.41, 5.74) is 1.32. The van der Waals surface area contributed by atoms with E-state index in [-0.39, 0.29) is 11.8 Å². The predicted octanol–water partition coefficient (Wildman–Crippen LogP) is 1.95. The van der Waals surface area contributed by atoms with Crippen LogP contribution in [0.2, 0.25) is 0 Å². The Kier molecular flexibility index (Phi) is 6.98. The zero-order valence-electron chi connectivity index (χ0n) is 17.0. The molecule has 2 amide bonds. The molecule has 8 nitrogen and oxygen atoms in total. The van der Waals surface area contributed by atoms with E-state index < -0.39 is 11.7 Å². The van der Waals surface area contributed by atoms with Gasteiger partial charge in [0, 0.05) is 37.6 Å². The van der Waals surface area contributed by atoms with Gasteiger partial charge in [-0.15, -0.1) is 0 Å². The lowest BCUT2D eigenvalue weighted by molar-refractivity contribution is -0.125. The van der Waals surface area contributed by atoms with Gasteiger partial charge in [-0.25, -0.2) is 14.8 Å². The quantitative estimate of drug-likeness (QED) is 0.762. The van der Waals surface area contributed by atoms with Crippen LogP contribution in [0.1, 0.15) is 45.0 Å². The van der Waals surface area contributed by atoms with Crippen molar-refractivity contribution in [2.75, 3.05) is 31.1 Å². The molecule has 1 saturated heterocycles. The summed E-state index contributed by atoms with van der Waals surface area (Å²) >= 11 is 0. The third-order valence-electron chi connectivity index (χ3n) is 4.14. The minimum Gasteiger partial charge on any atom is -0.444 e. The highest BCUT2D eigenvalue weighted by molar-refractivity contribution is 5.79. The van der Waals surface area contributed by atoms with Crippen LogP contribution < -0.4 is 15.5 Å². The maximum atomic E-state index is 12.5. The predicted molar refractivity (Wildman–Crippen MR) is 104 cm³/mol. The van der Waals surface area contributed by atoms with Crippen LogP contribution in [0.4, 0.5) is 10.7 Å². The van der Waals surface area contributed by atoms with Gasteiger partial charge in [0.2, 0.25) is 11.9 Å². The van der Waals surface area contributed by atoms with Crippen molar-refractivity contribution in [3.8, 4) is 0 Å². The van der Waals surface area contributed by atoms with Gasteiger partial charge in [0.15, 0.2) is 0 Å². The van der Waals surface area contributed by atoms with Crippen LogP contribution in [0, 0.1) is 19.8 Å². The number of hydrogen-bond acceptors (Lipinski definition) is 6. The van der Waals surface area contributed by atoms with Crippen molar-refractivity contribution in [1.82, 2.24) is 20.6 Å². The number of aromatic nitrogens is 2. The molecule has 1 atom stereocenters. The van der Waals surface area contributed by atoms with E-state index in [1.807, 2.05) is 40.7 Å². The summed E-state index contributed by atoms with van der Waals surface area (Å²) in [6.45, 7) is 11.5. The van der Waals surface area contributed by atoms with Gasteiger partial charge < -0.3 is 20.3 Å². The maximum Gasteiger partial charge on any atom is 0.407 e. The molecule has 1 aromatic rings. The first-order chi connectivity index (χ1) is 12.6. The zero-order chi connectivity index (χ0) is 20.0. The summed E-state index contributed by atoms with van der Waals surface area (Å²) in [7, 11) is 0. The second-order valence-corrected chi connectivity index (χ2v) is 7.96. The normalized spacial score (nSPS) is 17.4. The molecule has 0 bridgehead atoms. The molecule has 2 N–H and O–H groups in total. The second-order valence-electron chi connectivity index (χ2n) is 7.96. The van der Waals surface area contributed by atoms with E-state index in [4.69, 9.17) is 4.74 Å². The number of piperidine rings is 1. The summed E-state index contributed by atoms with van der Waals surface area (Å²) in [6, 6.07) is 1.94. The van der Waals surface area contributed by atoms with Crippen LogP contribution in [0.25, 0.3) is 0 Å². The van der Waals surface area contributed by atoms with E-state index in [1.165, 1.54) is 0 Å². The average Bonchev–Trinajstić information content (AvgIpc) is 2.56. The molecule has 1 unspecified atom stereocenters. The lowest BCUT2D eigenvalue weighted by Gasteiger charge is -2.32. The third-order valence-corrected chi connectivity index (χ3v) is 4.14. The molecule has 1 aromatic heterocycles. The van der Waals surface area contributed by atoms with Crippen molar-refractivity contribution in [1.29, 1.82) is 0 Å². The maximum absolute atomic E-state index is 12.5. The molecule has 2 heterocycles. The molecule has 0 aromatic carbocycles. The molecular formula is C19H31N5O3. The van der Waals surface area contributed by atoms with Crippen LogP contribution in [0.5, 0.6) is 0 Å². The van der Waals surface area contributed by atoms with Crippen molar-refractivity contribution in [3.05, 3.63) is 17.5 Å². The van der Waals surface area contributed by atoms with Gasteiger partial charge in [0.1, 0.15) is 5.60 Å². The van der Waals surface area contributed by atoms with E-state index in [1.54, 1.807) is 0 Å². The molecule has 0 spiro atoms. The fourth-order valence-corrected chi connectivity index (χ4v) is 3.03. The van der Waals surface area contributed by atoms with Crippen molar-refractivity contribution in [2.45, 2.75) is 53.1 Å². The SMILES string of the molecule is Cc1cc(C)nc(N2CCCC(C(=O)NCCNC(=O)OC(C)(C)C)C2)n1. The average molecular weight is 377 g/mol. The van der Waals surface area contributed by atoms with Crippen molar-refractivity contribution in [3.63, 3.8) is 0 Å². The number of ether oxygens (including phenoxy) is 1. The van der Waals surface area contributed by atoms with Crippen LogP contribution >= 0.6 is 0 Å². The van der Waals surface area contributed by atoms with E-state index >= 15 is 0 Å². The number of amides is 2. The fourth-order valence-electron chi connectivity index (χ4n) is 3.03. The minimum atomic E-state index is -0.533. The smallest absolute Gasteiger partial charge is 0.407 e. The first kappa shape index (κ1) is 20.9. The molecule has 2 rings (SSSR count). The number of aryl methyl sites for hydroxylation is 2. The molecule has 27 heavy (non-hydrogen) atoms. The number of nitrogens with zero attached hydrogens (tertiary/aromatic N) is 3. The van der Waals surface area contributed by atoms with E-state index in [9.17, 15) is 9.59 Å². The molecule has 0 radical (unpaired) electrons. The number of rotatable bonds is 5. The molecule has 1 aliphatic heterocycles. The molecule has 0 aliphatic carbocycles. The highest BCUT2D eigenvalue weighted by atomic mass is 16.6. The highest BCUT2D eigenvalue weighted by Gasteiger charge is 2.27. The summed E-state index contributed by atoms with van der Waals surface area (Å²) in [5, 5.41) is 5.53. The summed E-state index contributed by atoms with van der Waals surface area (Å²) in [5.74, 6) is 0.580. The third kappa shape index (κ3) is 7.03. The molecule has 150 valence electrons. The van der Waals surface area contributed by atoms with Crippen LogP contribution in [-0.2, 0) is 9.53 Å². The summed E-state index contributed by atoms with van der Waals surface area (Å²) < 4.78 is 5.16. The number of hydrogen-bond donors (Lipinski definition) is 2. The van der Waals surface area contributed by atoms with Crippen molar-refractivity contribution < 1.29 is 14.3 Å². The fraction of sp³-hybridized carbons (Fsp3) is 0.684. The first-order valence-corrected chi connectivity index (χ1v) is 9.46. The largest absolute Gasteiger partial charge is 0.444 e. The van der Waals surface area contributed by atoms with Gasteiger partial charge in [-0.05, 0) is 53.5 Å². The second kappa shape index (κ2) is 9.01. The Morgan fingerprint density at radius 2 is 1.81 bits per heavy atom. The Labute approximate surface area is 161 Å². The van der Waals surface area contributed by atoms with Gasteiger partial charge in [-0.1, -0.05) is 0 Å². The standard InChI is InChI=1S/C19H31N5O3/c1-13-11-14(2)23-17(22-13)24-10-6-7-15(12-24)16(25)20-8-9-21-18(26)27-19(3,4)5/h11,15H,6-10,12H2,1-5H3,(H,20,25)(H,21,26). The molecule has 1 fully saturated rings. The minimum absolute atomic E-state index is 0.00457. The Hall–Kier alpha value is -2.38. The zero-order valence-corrected chi connectivity index (χ0v) is 17.0. The number of alkyl carbamates (subject to hydrolysis) is 1. The number of carbonyl (C=O) groups excluding carboxylic acids is 2. The molecule has 0 saturated carbocycles. The molecule has 8 heteroatoms. The molecular weight excluding hydrogens is 346 g/mol.